The van der Waals surface area contributed by atoms with Crippen LogP contribution in [0.5, 0.6) is 5.75 Å². The Labute approximate surface area is 155 Å². The van der Waals surface area contributed by atoms with E-state index in [1.54, 1.807) is 13.0 Å². The van der Waals surface area contributed by atoms with Gasteiger partial charge in [0.25, 0.3) is 11.8 Å². The van der Waals surface area contributed by atoms with Crippen LogP contribution in [0.3, 0.4) is 0 Å². The molecule has 1 aliphatic carbocycles. The van der Waals surface area contributed by atoms with E-state index in [4.69, 9.17) is 4.74 Å². The fourth-order valence-corrected chi connectivity index (χ4v) is 4.71. The molecule has 2 heterocycles. The Hall–Kier alpha value is -2.04. The predicted molar refractivity (Wildman–Crippen MR) is 100 cm³/mol. The minimum absolute atomic E-state index is 0.0449. The lowest BCUT2D eigenvalue weighted by atomic mass is 9.84. The first-order valence-corrected chi connectivity index (χ1v) is 10.0. The number of para-hydroxylation sites is 1. The molecule has 2 fully saturated rings. The van der Waals surface area contributed by atoms with E-state index < -0.39 is 6.10 Å². The Morgan fingerprint density at radius 1 is 1.19 bits per heavy atom. The molecular formula is C21H28N2O3. The van der Waals surface area contributed by atoms with Crippen molar-refractivity contribution >= 4 is 17.5 Å². The van der Waals surface area contributed by atoms with Gasteiger partial charge in [-0.2, -0.15) is 0 Å². The first kappa shape index (κ1) is 17.4. The Morgan fingerprint density at radius 3 is 2.81 bits per heavy atom. The van der Waals surface area contributed by atoms with E-state index in [1.807, 2.05) is 12.1 Å². The lowest BCUT2D eigenvalue weighted by molar-refractivity contribution is -0.122. The van der Waals surface area contributed by atoms with Crippen LogP contribution in [0.4, 0.5) is 5.69 Å². The molecule has 0 radical (unpaired) electrons. The van der Waals surface area contributed by atoms with Crippen LogP contribution in [0.2, 0.25) is 0 Å². The van der Waals surface area contributed by atoms with Gasteiger partial charge in [0.15, 0.2) is 11.9 Å². The number of benzene rings is 1. The molecule has 0 spiro atoms. The summed E-state index contributed by atoms with van der Waals surface area (Å²) in [6, 6.07) is 5.77. The summed E-state index contributed by atoms with van der Waals surface area (Å²) in [4.78, 5) is 27.2. The SMILES string of the molecule is CC1Oc2c(cccc2C(=O)N2CCCC2CC2CCCCC2)NC1=O. The van der Waals surface area contributed by atoms with E-state index in [0.717, 1.165) is 31.7 Å². The third-order valence-electron chi connectivity index (χ3n) is 6.14. The number of carbonyl (C=O) groups is 2. The largest absolute Gasteiger partial charge is 0.478 e. The van der Waals surface area contributed by atoms with Crippen molar-refractivity contribution in [2.75, 3.05) is 11.9 Å². The van der Waals surface area contributed by atoms with Crippen LogP contribution >= 0.6 is 0 Å². The Kier molecular flexibility index (Phi) is 4.88. The summed E-state index contributed by atoms with van der Waals surface area (Å²) in [5.74, 6) is 1.16. The number of nitrogens with one attached hydrogen (secondary N) is 1. The number of carbonyl (C=O) groups excluding carboxylic acids is 2. The van der Waals surface area contributed by atoms with Crippen LogP contribution in [-0.4, -0.2) is 35.4 Å². The van der Waals surface area contributed by atoms with Crippen LogP contribution in [-0.2, 0) is 4.79 Å². The second kappa shape index (κ2) is 7.29. The number of anilines is 1. The van der Waals surface area contributed by atoms with Crippen LogP contribution in [0, 0.1) is 5.92 Å². The van der Waals surface area contributed by atoms with Crippen LogP contribution in [0.25, 0.3) is 0 Å². The molecule has 2 aliphatic heterocycles. The third kappa shape index (κ3) is 3.31. The summed E-state index contributed by atoms with van der Waals surface area (Å²) in [5, 5.41) is 2.84. The topological polar surface area (TPSA) is 58.6 Å². The number of amides is 2. The second-order valence-electron chi connectivity index (χ2n) is 7.97. The molecular weight excluding hydrogens is 328 g/mol. The molecule has 1 saturated heterocycles. The second-order valence-corrected chi connectivity index (χ2v) is 7.97. The van der Waals surface area contributed by atoms with Gasteiger partial charge in [-0.05, 0) is 44.2 Å². The van der Waals surface area contributed by atoms with Crippen molar-refractivity contribution in [3.05, 3.63) is 23.8 Å². The quantitative estimate of drug-likeness (QED) is 0.891. The summed E-state index contributed by atoms with van der Waals surface area (Å²) >= 11 is 0. The molecule has 2 amide bonds. The highest BCUT2D eigenvalue weighted by atomic mass is 16.5. The minimum Gasteiger partial charge on any atom is -0.478 e. The normalized spacial score (nSPS) is 26.2. The molecule has 4 rings (SSSR count). The zero-order chi connectivity index (χ0) is 18.1. The number of fused-ring (bicyclic) bond motifs is 1. The fraction of sp³-hybridized carbons (Fsp3) is 0.619. The summed E-state index contributed by atoms with van der Waals surface area (Å²) in [6.07, 6.45) is 9.39. The molecule has 1 aromatic rings. The monoisotopic (exact) mass is 356 g/mol. The summed E-state index contributed by atoms with van der Waals surface area (Å²) in [7, 11) is 0. The first-order chi connectivity index (χ1) is 12.6. The van der Waals surface area contributed by atoms with E-state index in [2.05, 4.69) is 10.2 Å². The number of hydrogen-bond donors (Lipinski definition) is 1. The fourth-order valence-electron chi connectivity index (χ4n) is 4.71. The zero-order valence-corrected chi connectivity index (χ0v) is 15.5. The van der Waals surface area contributed by atoms with Gasteiger partial charge < -0.3 is 15.0 Å². The Balaban J connectivity index is 1.53. The van der Waals surface area contributed by atoms with Gasteiger partial charge in [0.05, 0.1) is 11.3 Å². The van der Waals surface area contributed by atoms with E-state index >= 15 is 0 Å². The van der Waals surface area contributed by atoms with Crippen molar-refractivity contribution < 1.29 is 14.3 Å². The number of rotatable bonds is 3. The van der Waals surface area contributed by atoms with E-state index in [0.29, 0.717) is 23.0 Å². The van der Waals surface area contributed by atoms with Gasteiger partial charge in [0.1, 0.15) is 0 Å². The average Bonchev–Trinajstić information content (AvgIpc) is 3.10. The molecule has 3 aliphatic rings. The van der Waals surface area contributed by atoms with Crippen molar-refractivity contribution in [1.29, 1.82) is 0 Å². The van der Waals surface area contributed by atoms with E-state index in [9.17, 15) is 9.59 Å². The molecule has 1 saturated carbocycles. The van der Waals surface area contributed by atoms with Crippen molar-refractivity contribution in [2.24, 2.45) is 5.92 Å². The lowest BCUT2D eigenvalue weighted by Crippen LogP contribution is -2.39. The molecule has 0 aromatic heterocycles. The maximum Gasteiger partial charge on any atom is 0.265 e. The van der Waals surface area contributed by atoms with E-state index in [1.165, 1.54) is 32.1 Å². The van der Waals surface area contributed by atoms with Crippen LogP contribution < -0.4 is 10.1 Å². The molecule has 5 heteroatoms. The van der Waals surface area contributed by atoms with Gasteiger partial charge in [-0.3, -0.25) is 9.59 Å². The van der Waals surface area contributed by atoms with Gasteiger partial charge in [0, 0.05) is 12.6 Å². The number of likely N-dealkylation sites (tertiary alicyclic amines) is 1. The Morgan fingerprint density at radius 2 is 2.00 bits per heavy atom. The van der Waals surface area contributed by atoms with E-state index in [-0.39, 0.29) is 11.8 Å². The number of hydrogen-bond acceptors (Lipinski definition) is 3. The molecule has 2 atom stereocenters. The third-order valence-corrected chi connectivity index (χ3v) is 6.14. The molecule has 5 nitrogen and oxygen atoms in total. The summed E-state index contributed by atoms with van der Waals surface area (Å²) < 4.78 is 5.78. The van der Waals surface area contributed by atoms with Gasteiger partial charge in [0.2, 0.25) is 0 Å². The maximum atomic E-state index is 13.3. The predicted octanol–water partition coefficient (Wildman–Crippen LogP) is 3.98. The molecule has 26 heavy (non-hydrogen) atoms. The molecule has 0 bridgehead atoms. The highest BCUT2D eigenvalue weighted by molar-refractivity contribution is 6.04. The lowest BCUT2D eigenvalue weighted by Gasteiger charge is -2.31. The highest BCUT2D eigenvalue weighted by Crippen LogP contribution is 2.37. The van der Waals surface area contributed by atoms with Gasteiger partial charge in [-0.15, -0.1) is 0 Å². The molecule has 1 N–H and O–H groups in total. The number of nitrogens with zero attached hydrogens (tertiary/aromatic N) is 1. The molecule has 140 valence electrons. The van der Waals surface area contributed by atoms with Crippen LogP contribution in [0.15, 0.2) is 18.2 Å². The van der Waals surface area contributed by atoms with Crippen LogP contribution in [0.1, 0.15) is 68.6 Å². The number of ether oxygens (including phenoxy) is 1. The summed E-state index contributed by atoms with van der Waals surface area (Å²) in [5.41, 5.74) is 1.17. The highest BCUT2D eigenvalue weighted by Gasteiger charge is 2.35. The van der Waals surface area contributed by atoms with Gasteiger partial charge >= 0.3 is 0 Å². The first-order valence-electron chi connectivity index (χ1n) is 10.0. The summed E-state index contributed by atoms with van der Waals surface area (Å²) in [6.45, 7) is 2.53. The van der Waals surface area contributed by atoms with Crippen molar-refractivity contribution in [2.45, 2.75) is 70.4 Å². The van der Waals surface area contributed by atoms with Gasteiger partial charge in [-0.1, -0.05) is 38.2 Å². The van der Waals surface area contributed by atoms with Crippen molar-refractivity contribution in [3.8, 4) is 5.75 Å². The van der Waals surface area contributed by atoms with Crippen molar-refractivity contribution in [3.63, 3.8) is 0 Å². The average molecular weight is 356 g/mol. The zero-order valence-electron chi connectivity index (χ0n) is 15.5. The Bertz CT molecular complexity index is 696. The molecule has 1 aromatic carbocycles. The standard InChI is InChI=1S/C21H28N2O3/c1-14-20(24)22-18-11-5-10-17(19(18)26-14)21(25)23-12-6-9-16(23)13-15-7-3-2-4-8-15/h5,10-11,14-16H,2-4,6-9,12-13H2,1H3,(H,22,24). The molecule has 2 unspecified atom stereocenters. The van der Waals surface area contributed by atoms with Crippen molar-refractivity contribution in [1.82, 2.24) is 4.90 Å². The smallest absolute Gasteiger partial charge is 0.265 e. The minimum atomic E-state index is -0.576. The maximum absolute atomic E-state index is 13.3. The van der Waals surface area contributed by atoms with Gasteiger partial charge in [-0.25, -0.2) is 0 Å².